The average Bonchev–Trinajstić information content (AvgIpc) is 3.41. The lowest BCUT2D eigenvalue weighted by Gasteiger charge is -2.24. The van der Waals surface area contributed by atoms with E-state index in [1.807, 2.05) is 26.0 Å². The zero-order chi connectivity index (χ0) is 27.7. The number of amides is 1. The van der Waals surface area contributed by atoms with Crippen LogP contribution in [0.4, 0.5) is 5.13 Å². The quantitative estimate of drug-likeness (QED) is 0.196. The third kappa shape index (κ3) is 4.63. The molecule has 1 aliphatic rings. The van der Waals surface area contributed by atoms with Gasteiger partial charge in [0.1, 0.15) is 10.6 Å². The number of aliphatic hydroxyl groups is 1. The second-order valence-corrected chi connectivity index (χ2v) is 9.71. The number of rotatable bonds is 7. The number of Topliss-reactive ketones (excluding diaryl/α,β-unsaturated/α-hetero) is 1. The number of ether oxygens (including phenoxy) is 3. The summed E-state index contributed by atoms with van der Waals surface area (Å²) < 4.78 is 15.9. The van der Waals surface area contributed by atoms with Crippen LogP contribution < -0.4 is 14.4 Å². The number of aryl methyl sites for hydroxylation is 3. The number of hydrogen-bond donors (Lipinski definition) is 1. The predicted molar refractivity (Wildman–Crippen MR) is 143 cm³/mol. The summed E-state index contributed by atoms with van der Waals surface area (Å²) in [7, 11) is 2.98. The average molecular weight is 537 g/mol. The highest BCUT2D eigenvalue weighted by Crippen LogP contribution is 2.45. The maximum Gasteiger partial charge on any atom is 0.350 e. The summed E-state index contributed by atoms with van der Waals surface area (Å²) in [5, 5.41) is 11.6. The molecule has 3 aromatic rings. The molecule has 9 nitrogen and oxygen atoms in total. The minimum Gasteiger partial charge on any atom is -0.507 e. The minimum atomic E-state index is -1.05. The maximum absolute atomic E-state index is 13.5. The van der Waals surface area contributed by atoms with Crippen LogP contribution >= 0.6 is 11.3 Å². The van der Waals surface area contributed by atoms with Crippen LogP contribution in [-0.2, 0) is 14.3 Å². The molecule has 2 aromatic carbocycles. The van der Waals surface area contributed by atoms with Gasteiger partial charge in [0, 0.05) is 5.56 Å². The van der Waals surface area contributed by atoms with E-state index in [2.05, 4.69) is 4.98 Å². The molecule has 1 unspecified atom stereocenters. The highest BCUT2D eigenvalue weighted by Gasteiger charge is 2.48. The van der Waals surface area contributed by atoms with Crippen molar-refractivity contribution in [3.05, 3.63) is 74.8 Å². The molecule has 0 spiro atoms. The summed E-state index contributed by atoms with van der Waals surface area (Å²) in [6.45, 7) is 7.18. The van der Waals surface area contributed by atoms with E-state index in [0.29, 0.717) is 28.3 Å². The zero-order valence-electron chi connectivity index (χ0n) is 21.9. The predicted octanol–water partition coefficient (Wildman–Crippen LogP) is 4.89. The first-order valence-electron chi connectivity index (χ1n) is 11.9. The van der Waals surface area contributed by atoms with Gasteiger partial charge in [0.05, 0.1) is 38.1 Å². The lowest BCUT2D eigenvalue weighted by molar-refractivity contribution is -0.132. The Labute approximate surface area is 224 Å². The van der Waals surface area contributed by atoms with Crippen LogP contribution in [0.2, 0.25) is 0 Å². The second-order valence-electron chi connectivity index (χ2n) is 8.73. The molecule has 1 aromatic heterocycles. The van der Waals surface area contributed by atoms with Crippen LogP contribution in [-0.4, -0.2) is 48.6 Å². The Balaban J connectivity index is 1.98. The van der Waals surface area contributed by atoms with Gasteiger partial charge in [-0.1, -0.05) is 35.1 Å². The summed E-state index contributed by atoms with van der Waals surface area (Å²) in [5.41, 5.74) is 2.81. The Morgan fingerprint density at radius 2 is 1.76 bits per heavy atom. The van der Waals surface area contributed by atoms with Crippen molar-refractivity contribution in [2.45, 2.75) is 33.7 Å². The molecule has 0 saturated carbocycles. The van der Waals surface area contributed by atoms with Crippen molar-refractivity contribution in [1.29, 1.82) is 0 Å². The Bertz CT molecular complexity index is 1470. The Morgan fingerprint density at radius 3 is 2.42 bits per heavy atom. The Kier molecular flexibility index (Phi) is 7.54. The van der Waals surface area contributed by atoms with Crippen LogP contribution in [0.5, 0.6) is 11.5 Å². The van der Waals surface area contributed by atoms with Gasteiger partial charge in [-0.05, 0) is 57.0 Å². The van der Waals surface area contributed by atoms with Crippen molar-refractivity contribution in [1.82, 2.24) is 4.98 Å². The third-order valence-electron chi connectivity index (χ3n) is 6.27. The van der Waals surface area contributed by atoms with Gasteiger partial charge in [-0.25, -0.2) is 9.78 Å². The summed E-state index contributed by atoms with van der Waals surface area (Å²) in [6, 6.07) is 9.43. The molecule has 0 radical (unpaired) electrons. The smallest absolute Gasteiger partial charge is 0.350 e. The summed E-state index contributed by atoms with van der Waals surface area (Å²) in [6.07, 6.45) is 0. The van der Waals surface area contributed by atoms with E-state index in [1.165, 1.54) is 19.1 Å². The number of methoxy groups -OCH3 is 2. The van der Waals surface area contributed by atoms with Crippen LogP contribution in [0.25, 0.3) is 5.76 Å². The number of aliphatic hydroxyl groups excluding tert-OH is 1. The van der Waals surface area contributed by atoms with E-state index in [1.54, 1.807) is 38.1 Å². The van der Waals surface area contributed by atoms with Gasteiger partial charge in [-0.3, -0.25) is 14.5 Å². The SMILES string of the molecule is CCOC(=O)c1sc(N2C(=O)C(=O)/C(=C(/O)c3cc(C)ccc3C)C2c2ccc(OC)c(OC)c2)nc1C. The van der Waals surface area contributed by atoms with E-state index >= 15 is 0 Å². The van der Waals surface area contributed by atoms with Crippen molar-refractivity contribution < 1.29 is 33.7 Å². The number of benzene rings is 2. The van der Waals surface area contributed by atoms with Crippen molar-refractivity contribution in [3.8, 4) is 11.5 Å². The molecule has 1 aliphatic heterocycles. The summed E-state index contributed by atoms with van der Waals surface area (Å²) in [4.78, 5) is 45.4. The molecular formula is C28H28N2O7S. The lowest BCUT2D eigenvalue weighted by atomic mass is 9.93. The summed E-state index contributed by atoms with van der Waals surface area (Å²) in [5.74, 6) is -1.77. The molecule has 198 valence electrons. The van der Waals surface area contributed by atoms with Crippen LogP contribution in [0, 0.1) is 20.8 Å². The third-order valence-corrected chi connectivity index (χ3v) is 7.40. The first kappa shape index (κ1) is 26.9. The van der Waals surface area contributed by atoms with E-state index in [-0.39, 0.29) is 27.9 Å². The summed E-state index contributed by atoms with van der Waals surface area (Å²) >= 11 is 0.949. The fraction of sp³-hybridized carbons (Fsp3) is 0.286. The van der Waals surface area contributed by atoms with Gasteiger partial charge in [0.25, 0.3) is 5.78 Å². The number of carbonyl (C=O) groups is 3. The highest BCUT2D eigenvalue weighted by molar-refractivity contribution is 7.17. The standard InChI is InChI=1S/C28H28N2O7S/c1-7-37-27(34)25-16(4)29-28(38-25)30-22(17-10-11-19(35-5)20(13-17)36-6)21(24(32)26(30)33)23(31)18-12-14(2)8-9-15(18)3/h8-13,22,31H,7H2,1-6H3/b23-21+. The number of carbonyl (C=O) groups excluding carboxylic acids is 3. The fourth-order valence-corrected chi connectivity index (χ4v) is 5.36. The molecule has 10 heteroatoms. The van der Waals surface area contributed by atoms with Crippen LogP contribution in [0.3, 0.4) is 0 Å². The Hall–Kier alpha value is -4.18. The van der Waals surface area contributed by atoms with Gasteiger partial charge in [-0.15, -0.1) is 0 Å². The van der Waals surface area contributed by atoms with Crippen LogP contribution in [0.1, 0.15) is 50.6 Å². The number of nitrogens with zero attached hydrogens (tertiary/aromatic N) is 2. The van der Waals surface area contributed by atoms with Gasteiger partial charge in [0.2, 0.25) is 0 Å². The molecule has 1 amide bonds. The number of ketones is 1. The van der Waals surface area contributed by atoms with Gasteiger partial charge >= 0.3 is 11.9 Å². The van der Waals surface area contributed by atoms with Crippen molar-refractivity contribution in [2.75, 3.05) is 25.7 Å². The highest BCUT2D eigenvalue weighted by atomic mass is 32.1. The number of thiazole rings is 1. The molecule has 38 heavy (non-hydrogen) atoms. The zero-order valence-corrected chi connectivity index (χ0v) is 22.8. The molecule has 1 fully saturated rings. The molecule has 1 atom stereocenters. The molecule has 0 aliphatic carbocycles. The topological polar surface area (TPSA) is 115 Å². The van der Waals surface area contributed by atoms with E-state index in [9.17, 15) is 19.5 Å². The van der Waals surface area contributed by atoms with Crippen molar-refractivity contribution in [3.63, 3.8) is 0 Å². The maximum atomic E-state index is 13.5. The van der Waals surface area contributed by atoms with Crippen LogP contribution in [0.15, 0.2) is 42.0 Å². The normalized spacial score (nSPS) is 16.6. The molecule has 1 N–H and O–H groups in total. The molecular weight excluding hydrogens is 508 g/mol. The first-order valence-corrected chi connectivity index (χ1v) is 12.7. The van der Waals surface area contributed by atoms with Gasteiger partial charge in [-0.2, -0.15) is 0 Å². The first-order chi connectivity index (χ1) is 18.1. The molecule has 0 bridgehead atoms. The monoisotopic (exact) mass is 536 g/mol. The number of aromatic nitrogens is 1. The van der Waals surface area contributed by atoms with E-state index in [4.69, 9.17) is 14.2 Å². The van der Waals surface area contributed by atoms with E-state index < -0.39 is 23.7 Å². The van der Waals surface area contributed by atoms with Crippen molar-refractivity contribution in [2.24, 2.45) is 0 Å². The number of esters is 1. The fourth-order valence-electron chi connectivity index (χ4n) is 4.38. The lowest BCUT2D eigenvalue weighted by Crippen LogP contribution is -2.29. The van der Waals surface area contributed by atoms with Gasteiger partial charge in [0.15, 0.2) is 16.6 Å². The number of hydrogen-bond acceptors (Lipinski definition) is 9. The number of anilines is 1. The second kappa shape index (κ2) is 10.7. The Morgan fingerprint density at radius 1 is 1.05 bits per heavy atom. The largest absolute Gasteiger partial charge is 0.507 e. The minimum absolute atomic E-state index is 0.0959. The molecule has 4 rings (SSSR count). The van der Waals surface area contributed by atoms with Gasteiger partial charge < -0.3 is 19.3 Å². The van der Waals surface area contributed by atoms with Crippen molar-refractivity contribution >= 4 is 39.9 Å². The molecule has 1 saturated heterocycles. The van der Waals surface area contributed by atoms with E-state index in [0.717, 1.165) is 22.5 Å². The molecule has 2 heterocycles.